The van der Waals surface area contributed by atoms with Gasteiger partial charge in [-0.15, -0.1) is 0 Å². The lowest BCUT2D eigenvalue weighted by Crippen LogP contribution is -2.47. The Labute approximate surface area is 227 Å². The molecule has 0 aromatic carbocycles. The Morgan fingerprint density at radius 2 is 1.85 bits per heavy atom. The summed E-state index contributed by atoms with van der Waals surface area (Å²) < 4.78 is 7.22. The van der Waals surface area contributed by atoms with Crippen molar-refractivity contribution in [3.63, 3.8) is 0 Å². The molecule has 4 heterocycles. The number of methoxy groups -OCH3 is 1. The highest BCUT2D eigenvalue weighted by atomic mass is 16.5. The summed E-state index contributed by atoms with van der Waals surface area (Å²) in [4.78, 5) is 41.3. The summed E-state index contributed by atoms with van der Waals surface area (Å²) in [7, 11) is 3.35. The number of carbonyl (C=O) groups is 2. The molecule has 39 heavy (non-hydrogen) atoms. The first-order valence-corrected chi connectivity index (χ1v) is 13.9. The van der Waals surface area contributed by atoms with E-state index in [1.165, 1.54) is 24.2 Å². The molecule has 0 radical (unpaired) electrons. The molecule has 1 aliphatic carbocycles. The number of hydrogen-bond acceptors (Lipinski definition) is 7. The summed E-state index contributed by atoms with van der Waals surface area (Å²) in [6.07, 6.45) is 8.74. The lowest BCUT2D eigenvalue weighted by Gasteiger charge is -2.32. The monoisotopic (exact) mass is 538 g/mol. The standard InChI is InChI=1S/C27H38N8O4/c1-33-21(10-11-28-33)25(36)32-22(18-8-6-4-3-5-7-9-18)24-30-20-16-19(29-26(39-2)23(20)31-24)17-34-12-14-35(15-13-34)27(37)38/h10-11,16,18,22H,3-9,12-15,17H2,1-2H3,(H,30,31)(H,32,36)(H,37,38). The second-order valence-electron chi connectivity index (χ2n) is 10.6. The lowest BCUT2D eigenvalue weighted by atomic mass is 9.85. The normalized spacial score (nSPS) is 18.5. The summed E-state index contributed by atoms with van der Waals surface area (Å²) in [5.41, 5.74) is 2.77. The number of H-pyrrole nitrogens is 1. The van der Waals surface area contributed by atoms with Gasteiger partial charge in [-0.05, 0) is 30.9 Å². The third-order valence-corrected chi connectivity index (χ3v) is 7.99. The molecule has 2 fully saturated rings. The van der Waals surface area contributed by atoms with E-state index in [-0.39, 0.29) is 17.9 Å². The SMILES string of the molecule is COc1nc(CN2CCN(C(=O)O)CC2)cc2[nH]c(C(NC(=O)c3ccnn3C)C3CCCCCCC3)nc12. The van der Waals surface area contributed by atoms with E-state index < -0.39 is 6.09 Å². The fraction of sp³-hybridized carbons (Fsp3) is 0.593. The molecule has 0 bridgehead atoms. The molecule has 1 saturated carbocycles. The van der Waals surface area contributed by atoms with Crippen molar-refractivity contribution in [3.8, 4) is 5.88 Å². The molecule has 1 unspecified atom stereocenters. The Morgan fingerprint density at radius 1 is 1.13 bits per heavy atom. The highest BCUT2D eigenvalue weighted by Crippen LogP contribution is 2.34. The van der Waals surface area contributed by atoms with E-state index in [0.29, 0.717) is 55.6 Å². The molecule has 1 atom stereocenters. The van der Waals surface area contributed by atoms with Crippen molar-refractivity contribution in [2.24, 2.45) is 13.0 Å². The predicted molar refractivity (Wildman–Crippen MR) is 145 cm³/mol. The number of amides is 2. The molecule has 1 aliphatic heterocycles. The number of carboxylic acid groups (broad SMARTS) is 1. The number of hydrogen-bond donors (Lipinski definition) is 3. The number of piperazine rings is 1. The Balaban J connectivity index is 1.42. The number of fused-ring (bicyclic) bond motifs is 1. The van der Waals surface area contributed by atoms with Crippen molar-refractivity contribution in [1.29, 1.82) is 0 Å². The van der Waals surface area contributed by atoms with Crippen molar-refractivity contribution in [3.05, 3.63) is 35.5 Å². The van der Waals surface area contributed by atoms with Gasteiger partial charge in [-0.2, -0.15) is 5.10 Å². The molecule has 1 saturated heterocycles. The van der Waals surface area contributed by atoms with Crippen LogP contribution in [0.1, 0.15) is 73.0 Å². The van der Waals surface area contributed by atoms with Gasteiger partial charge in [-0.25, -0.2) is 14.8 Å². The Bertz CT molecular complexity index is 1290. The average molecular weight is 539 g/mol. The number of rotatable bonds is 7. The number of ether oxygens (including phenoxy) is 1. The highest BCUT2D eigenvalue weighted by molar-refractivity contribution is 5.92. The van der Waals surface area contributed by atoms with E-state index >= 15 is 0 Å². The van der Waals surface area contributed by atoms with Crippen LogP contribution in [0.25, 0.3) is 11.0 Å². The maximum absolute atomic E-state index is 13.3. The van der Waals surface area contributed by atoms with Crippen LogP contribution in [0, 0.1) is 5.92 Å². The maximum atomic E-state index is 13.3. The summed E-state index contributed by atoms with van der Waals surface area (Å²) >= 11 is 0. The Morgan fingerprint density at radius 3 is 2.49 bits per heavy atom. The zero-order valence-corrected chi connectivity index (χ0v) is 22.7. The highest BCUT2D eigenvalue weighted by Gasteiger charge is 2.30. The minimum Gasteiger partial charge on any atom is -0.479 e. The Kier molecular flexibility index (Phi) is 8.30. The number of imidazole rings is 1. The summed E-state index contributed by atoms with van der Waals surface area (Å²) in [5, 5.41) is 16.7. The fourth-order valence-corrected chi connectivity index (χ4v) is 5.79. The minimum absolute atomic E-state index is 0.172. The van der Waals surface area contributed by atoms with E-state index in [0.717, 1.165) is 36.9 Å². The van der Waals surface area contributed by atoms with E-state index in [2.05, 4.69) is 20.3 Å². The first-order chi connectivity index (χ1) is 18.9. The van der Waals surface area contributed by atoms with E-state index in [4.69, 9.17) is 14.7 Å². The molecule has 2 aliphatic rings. The van der Waals surface area contributed by atoms with Crippen LogP contribution < -0.4 is 10.1 Å². The van der Waals surface area contributed by atoms with Crippen LogP contribution in [0.5, 0.6) is 5.88 Å². The van der Waals surface area contributed by atoms with Crippen molar-refractivity contribution >= 4 is 23.0 Å². The van der Waals surface area contributed by atoms with Gasteiger partial charge in [-0.1, -0.05) is 32.1 Å². The number of carbonyl (C=O) groups excluding carboxylic acids is 1. The first kappa shape index (κ1) is 26.9. The quantitative estimate of drug-likeness (QED) is 0.416. The van der Waals surface area contributed by atoms with Gasteiger partial charge in [0.1, 0.15) is 11.5 Å². The number of aromatic amines is 1. The number of nitrogens with zero attached hydrogens (tertiary/aromatic N) is 6. The molecule has 210 valence electrons. The van der Waals surface area contributed by atoms with Crippen molar-refractivity contribution in [2.45, 2.75) is 57.5 Å². The van der Waals surface area contributed by atoms with Gasteiger partial charge >= 0.3 is 6.09 Å². The number of pyridine rings is 1. The maximum Gasteiger partial charge on any atom is 0.407 e. The van der Waals surface area contributed by atoms with Gasteiger partial charge in [0.15, 0.2) is 5.52 Å². The second-order valence-corrected chi connectivity index (χ2v) is 10.6. The predicted octanol–water partition coefficient (Wildman–Crippen LogP) is 3.33. The number of aryl methyl sites for hydroxylation is 1. The van der Waals surface area contributed by atoms with Crippen molar-refractivity contribution in [2.75, 3.05) is 33.3 Å². The molecule has 3 N–H and O–H groups in total. The van der Waals surface area contributed by atoms with E-state index in [1.54, 1.807) is 31.1 Å². The topological polar surface area (TPSA) is 142 Å². The molecular formula is C27H38N8O4. The van der Waals surface area contributed by atoms with Crippen LogP contribution in [-0.4, -0.2) is 84.9 Å². The summed E-state index contributed by atoms with van der Waals surface area (Å²) in [6.45, 7) is 2.82. The van der Waals surface area contributed by atoms with E-state index in [1.807, 2.05) is 6.07 Å². The van der Waals surface area contributed by atoms with Crippen molar-refractivity contribution in [1.82, 2.24) is 39.8 Å². The fourth-order valence-electron chi connectivity index (χ4n) is 5.79. The smallest absolute Gasteiger partial charge is 0.407 e. The van der Waals surface area contributed by atoms with Gasteiger partial charge in [0.25, 0.3) is 5.91 Å². The van der Waals surface area contributed by atoms with Gasteiger partial charge in [0.2, 0.25) is 5.88 Å². The number of nitrogens with one attached hydrogen (secondary N) is 2. The first-order valence-electron chi connectivity index (χ1n) is 13.9. The van der Waals surface area contributed by atoms with Gasteiger partial charge in [-0.3, -0.25) is 14.4 Å². The molecule has 3 aromatic rings. The Hall–Kier alpha value is -3.67. The third kappa shape index (κ3) is 6.16. The molecule has 3 aromatic heterocycles. The van der Waals surface area contributed by atoms with Crippen LogP contribution in [-0.2, 0) is 13.6 Å². The molecule has 12 nitrogen and oxygen atoms in total. The van der Waals surface area contributed by atoms with Gasteiger partial charge in [0.05, 0.1) is 24.4 Å². The molecule has 5 rings (SSSR count). The zero-order chi connectivity index (χ0) is 27.4. The third-order valence-electron chi connectivity index (χ3n) is 7.99. The summed E-state index contributed by atoms with van der Waals surface area (Å²) in [5.74, 6) is 1.22. The van der Waals surface area contributed by atoms with E-state index in [9.17, 15) is 14.7 Å². The average Bonchev–Trinajstić information content (AvgIpc) is 3.53. The van der Waals surface area contributed by atoms with Gasteiger partial charge in [0, 0.05) is 46.0 Å². The molecule has 2 amide bonds. The van der Waals surface area contributed by atoms with Crippen LogP contribution in [0.3, 0.4) is 0 Å². The van der Waals surface area contributed by atoms with Crippen LogP contribution in [0.2, 0.25) is 0 Å². The van der Waals surface area contributed by atoms with Gasteiger partial charge < -0.3 is 25.0 Å². The van der Waals surface area contributed by atoms with Crippen molar-refractivity contribution < 1.29 is 19.4 Å². The largest absolute Gasteiger partial charge is 0.479 e. The molecule has 0 spiro atoms. The lowest BCUT2D eigenvalue weighted by molar-refractivity contribution is 0.0902. The molecule has 12 heteroatoms. The van der Waals surface area contributed by atoms with Crippen LogP contribution in [0.15, 0.2) is 18.3 Å². The van der Waals surface area contributed by atoms with Crippen LogP contribution >= 0.6 is 0 Å². The zero-order valence-electron chi connectivity index (χ0n) is 22.7. The number of aromatic nitrogens is 5. The second kappa shape index (κ2) is 12.0. The minimum atomic E-state index is -0.879. The summed E-state index contributed by atoms with van der Waals surface area (Å²) in [6, 6.07) is 3.42. The molecular weight excluding hydrogens is 500 g/mol. The van der Waals surface area contributed by atoms with Crippen LogP contribution in [0.4, 0.5) is 4.79 Å².